The van der Waals surface area contributed by atoms with Gasteiger partial charge in [0.15, 0.2) is 0 Å². The fourth-order valence-corrected chi connectivity index (χ4v) is 6.35. The highest BCUT2D eigenvalue weighted by Gasteiger charge is 2.23. The van der Waals surface area contributed by atoms with Crippen molar-refractivity contribution in [3.05, 3.63) is 98.4 Å². The van der Waals surface area contributed by atoms with Gasteiger partial charge in [0.2, 0.25) is 0 Å². The first-order valence-corrected chi connectivity index (χ1v) is 13.5. The molecule has 1 aliphatic carbocycles. The van der Waals surface area contributed by atoms with Gasteiger partial charge < -0.3 is 14.8 Å². The Morgan fingerprint density at radius 1 is 1.11 bits per heavy atom. The van der Waals surface area contributed by atoms with Gasteiger partial charge in [-0.3, -0.25) is 9.69 Å². The van der Waals surface area contributed by atoms with Crippen molar-refractivity contribution < 1.29 is 9.84 Å². The van der Waals surface area contributed by atoms with E-state index < -0.39 is 6.10 Å². The number of aromatic nitrogens is 2. The summed E-state index contributed by atoms with van der Waals surface area (Å²) in [5, 5.41) is 11.5. The average molecular weight is 504 g/mol. The Hall–Kier alpha value is -2.84. The smallest absolute Gasteiger partial charge is 0.259 e. The molecule has 2 heterocycles. The summed E-state index contributed by atoms with van der Waals surface area (Å²) in [6.45, 7) is 4.45. The van der Waals surface area contributed by atoms with Crippen molar-refractivity contribution in [1.82, 2.24) is 14.9 Å². The van der Waals surface area contributed by atoms with Gasteiger partial charge in [0.05, 0.1) is 31.2 Å². The van der Waals surface area contributed by atoms with Crippen LogP contribution in [0.15, 0.2) is 65.5 Å². The van der Waals surface area contributed by atoms with Gasteiger partial charge in [-0.05, 0) is 41.9 Å². The lowest BCUT2D eigenvalue weighted by Crippen LogP contribution is -2.35. The number of nitrogens with one attached hydrogen (secondary N) is 1. The monoisotopic (exact) mass is 503 g/mol. The lowest BCUT2D eigenvalue weighted by molar-refractivity contribution is 0.00673. The molecule has 2 aromatic heterocycles. The molecule has 188 valence electrons. The van der Waals surface area contributed by atoms with Crippen LogP contribution in [0.2, 0.25) is 0 Å². The number of fused-ring (bicyclic) bond motifs is 3. The summed E-state index contributed by atoms with van der Waals surface area (Å²) < 4.78 is 5.77. The van der Waals surface area contributed by atoms with Crippen LogP contribution in [0.25, 0.3) is 10.2 Å². The Balaban J connectivity index is 1.31. The van der Waals surface area contributed by atoms with E-state index in [4.69, 9.17) is 9.72 Å². The predicted octanol–water partition coefficient (Wildman–Crippen LogP) is 4.69. The zero-order chi connectivity index (χ0) is 24.9. The molecule has 0 bridgehead atoms. The van der Waals surface area contributed by atoms with Crippen LogP contribution in [0.1, 0.15) is 40.7 Å². The number of aliphatic hydroxyl groups excluding tert-OH is 1. The minimum Gasteiger partial charge on any atom is -0.389 e. The number of hydrogen-bond donors (Lipinski definition) is 2. The maximum Gasteiger partial charge on any atom is 0.259 e. The molecule has 4 aromatic rings. The van der Waals surface area contributed by atoms with Gasteiger partial charge in [0.1, 0.15) is 10.7 Å². The van der Waals surface area contributed by atoms with Crippen molar-refractivity contribution in [3.8, 4) is 0 Å². The van der Waals surface area contributed by atoms with Crippen LogP contribution >= 0.6 is 11.3 Å². The fraction of sp³-hybridized carbons (Fsp3) is 0.379. The van der Waals surface area contributed by atoms with Gasteiger partial charge >= 0.3 is 0 Å². The second-order valence-electron chi connectivity index (χ2n) is 9.85. The Bertz CT molecular complexity index is 1340. The molecule has 0 radical (unpaired) electrons. The number of rotatable bonds is 10. The van der Waals surface area contributed by atoms with Crippen LogP contribution in [0.5, 0.6) is 0 Å². The third kappa shape index (κ3) is 6.10. The first kappa shape index (κ1) is 24.8. The summed E-state index contributed by atoms with van der Waals surface area (Å²) in [5.74, 6) is 1.28. The molecule has 7 heteroatoms. The quantitative estimate of drug-likeness (QED) is 0.328. The van der Waals surface area contributed by atoms with E-state index in [9.17, 15) is 9.90 Å². The van der Waals surface area contributed by atoms with E-state index >= 15 is 0 Å². The molecule has 2 N–H and O–H groups in total. The van der Waals surface area contributed by atoms with Gasteiger partial charge in [-0.25, -0.2) is 4.98 Å². The number of hydrogen-bond acceptors (Lipinski definition) is 6. The lowest BCUT2D eigenvalue weighted by atomic mass is 9.89. The molecule has 0 saturated carbocycles. The summed E-state index contributed by atoms with van der Waals surface area (Å²) >= 11 is 1.67. The maximum atomic E-state index is 13.1. The highest BCUT2D eigenvalue weighted by molar-refractivity contribution is 7.18. The summed E-state index contributed by atoms with van der Waals surface area (Å²) in [7, 11) is 0. The van der Waals surface area contributed by atoms with Gasteiger partial charge in [-0.15, -0.1) is 11.3 Å². The average Bonchev–Trinajstić information content (AvgIpc) is 3.23. The van der Waals surface area contributed by atoms with Crippen LogP contribution in [0.3, 0.4) is 0 Å². The standard InChI is InChI=1S/C29H33N3O3S/c1-20-12-13-24-25(14-20)36-29-27(24)28(34)30-26(31-29)17-32(15-21-8-4-2-5-9-21)16-23(33)19-35-18-22-10-6-3-7-11-22/h2-11,20,23,33H,12-19H2,1H3,(H,30,31,34)/t20-,23-/m1/s1. The Morgan fingerprint density at radius 3 is 2.58 bits per heavy atom. The third-order valence-corrected chi connectivity index (χ3v) is 7.88. The van der Waals surface area contributed by atoms with Crippen LogP contribution < -0.4 is 5.56 Å². The van der Waals surface area contributed by atoms with E-state index in [0.717, 1.165) is 40.6 Å². The Labute approximate surface area is 215 Å². The second kappa shape index (κ2) is 11.5. The molecular weight excluding hydrogens is 470 g/mol. The van der Waals surface area contributed by atoms with E-state index in [1.807, 2.05) is 48.5 Å². The van der Waals surface area contributed by atoms with E-state index in [1.54, 1.807) is 11.3 Å². The summed E-state index contributed by atoms with van der Waals surface area (Å²) in [6, 6.07) is 20.1. The SMILES string of the molecule is C[C@@H]1CCc2c(sc3nc(CN(Cc4ccccc4)C[C@@H](O)COCc4ccccc4)[nH]c(=O)c23)C1. The molecule has 2 aromatic carbocycles. The summed E-state index contributed by atoms with van der Waals surface area (Å²) in [4.78, 5) is 25.2. The van der Waals surface area contributed by atoms with Crippen LogP contribution in [-0.2, 0) is 37.3 Å². The zero-order valence-electron chi connectivity index (χ0n) is 20.7. The number of aromatic amines is 1. The number of aliphatic hydroxyl groups is 1. The highest BCUT2D eigenvalue weighted by atomic mass is 32.1. The summed E-state index contributed by atoms with van der Waals surface area (Å²) in [5.41, 5.74) is 3.36. The van der Waals surface area contributed by atoms with E-state index in [0.29, 0.717) is 38.0 Å². The van der Waals surface area contributed by atoms with Crippen molar-refractivity contribution in [1.29, 1.82) is 0 Å². The van der Waals surface area contributed by atoms with E-state index in [1.165, 1.54) is 10.4 Å². The van der Waals surface area contributed by atoms with Gasteiger partial charge in [0, 0.05) is 18.0 Å². The van der Waals surface area contributed by atoms with Gasteiger partial charge in [0.25, 0.3) is 5.56 Å². The Kier molecular flexibility index (Phi) is 7.92. The molecular formula is C29H33N3O3S. The number of H-pyrrole nitrogens is 1. The first-order chi connectivity index (χ1) is 17.5. The van der Waals surface area contributed by atoms with Crippen LogP contribution in [-0.4, -0.2) is 39.2 Å². The third-order valence-electron chi connectivity index (χ3n) is 6.73. The number of ether oxygens (including phenoxy) is 1. The molecule has 0 saturated heterocycles. The highest BCUT2D eigenvalue weighted by Crippen LogP contribution is 2.35. The number of aryl methyl sites for hydroxylation is 1. The summed E-state index contributed by atoms with van der Waals surface area (Å²) in [6.07, 6.45) is 2.44. The molecule has 0 fully saturated rings. The van der Waals surface area contributed by atoms with E-state index in [2.05, 4.69) is 28.9 Å². The van der Waals surface area contributed by atoms with Gasteiger partial charge in [-0.1, -0.05) is 67.6 Å². The minimum atomic E-state index is -0.664. The Morgan fingerprint density at radius 2 is 1.83 bits per heavy atom. The zero-order valence-corrected chi connectivity index (χ0v) is 21.5. The van der Waals surface area contributed by atoms with Crippen LogP contribution in [0, 0.1) is 5.92 Å². The predicted molar refractivity (Wildman–Crippen MR) is 144 cm³/mol. The number of nitrogens with zero attached hydrogens (tertiary/aromatic N) is 2. The first-order valence-electron chi connectivity index (χ1n) is 12.6. The molecule has 1 aliphatic rings. The normalized spacial score (nSPS) is 16.4. The molecule has 5 rings (SSSR count). The van der Waals surface area contributed by atoms with Crippen molar-refractivity contribution in [2.24, 2.45) is 5.92 Å². The molecule has 2 atom stereocenters. The molecule has 0 spiro atoms. The van der Waals surface area contributed by atoms with Crippen molar-refractivity contribution in [2.45, 2.75) is 52.0 Å². The molecule has 0 aliphatic heterocycles. The molecule has 6 nitrogen and oxygen atoms in total. The van der Waals surface area contributed by atoms with Gasteiger partial charge in [-0.2, -0.15) is 0 Å². The van der Waals surface area contributed by atoms with Crippen LogP contribution in [0.4, 0.5) is 0 Å². The number of thiophene rings is 1. The molecule has 0 unspecified atom stereocenters. The lowest BCUT2D eigenvalue weighted by Gasteiger charge is -2.25. The number of benzene rings is 2. The minimum absolute atomic E-state index is 0.0477. The van der Waals surface area contributed by atoms with E-state index in [-0.39, 0.29) is 12.2 Å². The van der Waals surface area contributed by atoms with Crippen molar-refractivity contribution in [3.63, 3.8) is 0 Å². The molecule has 0 amide bonds. The topological polar surface area (TPSA) is 78.5 Å². The van der Waals surface area contributed by atoms with Crippen molar-refractivity contribution in [2.75, 3.05) is 13.2 Å². The van der Waals surface area contributed by atoms with Crippen molar-refractivity contribution >= 4 is 21.6 Å². The maximum absolute atomic E-state index is 13.1. The second-order valence-corrected chi connectivity index (χ2v) is 10.9. The fourth-order valence-electron chi connectivity index (χ4n) is 4.94. The largest absolute Gasteiger partial charge is 0.389 e. The molecule has 36 heavy (non-hydrogen) atoms.